The van der Waals surface area contributed by atoms with E-state index < -0.39 is 11.7 Å². The van der Waals surface area contributed by atoms with Crippen LogP contribution in [0.3, 0.4) is 0 Å². The van der Waals surface area contributed by atoms with Crippen molar-refractivity contribution in [2.24, 2.45) is 0 Å². The summed E-state index contributed by atoms with van der Waals surface area (Å²) in [7, 11) is 0. The third-order valence-corrected chi connectivity index (χ3v) is 1.80. The first-order valence-electron chi connectivity index (χ1n) is 4.41. The van der Waals surface area contributed by atoms with Gasteiger partial charge in [0.2, 0.25) is 0 Å². The van der Waals surface area contributed by atoms with E-state index in [0.717, 1.165) is 0 Å². The van der Waals surface area contributed by atoms with E-state index in [0.29, 0.717) is 5.69 Å². The Balaban J connectivity index is 2.84. The fourth-order valence-electron chi connectivity index (χ4n) is 1.02. The molecular weight excluding hydrogens is 211 g/mol. The van der Waals surface area contributed by atoms with Crippen LogP contribution in [0.5, 0.6) is 0 Å². The van der Waals surface area contributed by atoms with Crippen molar-refractivity contribution >= 4 is 11.6 Å². The van der Waals surface area contributed by atoms with Gasteiger partial charge in [-0.1, -0.05) is 0 Å². The molecule has 4 nitrogen and oxygen atoms in total. The molecule has 2 N–H and O–H groups in total. The summed E-state index contributed by atoms with van der Waals surface area (Å²) in [5.74, 6) is -1.51. The first-order valence-corrected chi connectivity index (χ1v) is 4.41. The highest BCUT2D eigenvalue weighted by Crippen LogP contribution is 2.10. The quantitative estimate of drug-likeness (QED) is 0.455. The minimum absolute atomic E-state index is 0.348. The molecule has 0 bridgehead atoms. The molecule has 82 valence electrons. The van der Waals surface area contributed by atoms with Gasteiger partial charge in [-0.25, -0.2) is 4.39 Å². The van der Waals surface area contributed by atoms with E-state index >= 15 is 0 Å². The first-order chi connectivity index (χ1) is 7.54. The zero-order valence-electron chi connectivity index (χ0n) is 8.49. The fourth-order valence-corrected chi connectivity index (χ4v) is 1.02. The molecule has 0 unspecified atom stereocenters. The molecule has 0 atom stereocenters. The second-order valence-electron chi connectivity index (χ2n) is 3.03. The van der Waals surface area contributed by atoms with E-state index in [1.54, 1.807) is 6.07 Å². The Kier molecular flexibility index (Phi) is 3.62. The standard InChI is InChI=1S/C11H9FN2O2/c1-7(15)10(6-13)11(16)14-9-4-2-8(12)3-5-9/h2-5,15H,1H3,(H,14,16). The van der Waals surface area contributed by atoms with Gasteiger partial charge in [0.15, 0.2) is 5.57 Å². The summed E-state index contributed by atoms with van der Waals surface area (Å²) in [6.45, 7) is 1.24. The topological polar surface area (TPSA) is 73.1 Å². The number of hydrogen-bond acceptors (Lipinski definition) is 3. The van der Waals surface area contributed by atoms with Crippen LogP contribution in [-0.4, -0.2) is 11.0 Å². The number of halogens is 1. The molecule has 0 spiro atoms. The van der Waals surface area contributed by atoms with E-state index in [9.17, 15) is 9.18 Å². The van der Waals surface area contributed by atoms with Crippen molar-refractivity contribution in [1.82, 2.24) is 0 Å². The highest BCUT2D eigenvalue weighted by atomic mass is 19.1. The monoisotopic (exact) mass is 220 g/mol. The van der Waals surface area contributed by atoms with Crippen molar-refractivity contribution in [2.45, 2.75) is 6.92 Å². The van der Waals surface area contributed by atoms with Crippen LogP contribution in [0.4, 0.5) is 10.1 Å². The molecule has 1 aromatic rings. The van der Waals surface area contributed by atoms with Gasteiger partial charge in [0.1, 0.15) is 17.6 Å². The summed E-state index contributed by atoms with van der Waals surface area (Å²) >= 11 is 0. The Bertz CT molecular complexity index is 468. The molecule has 0 saturated heterocycles. The molecule has 1 rings (SSSR count). The number of aliphatic hydroxyl groups is 1. The largest absolute Gasteiger partial charge is 0.511 e. The van der Waals surface area contributed by atoms with E-state index in [4.69, 9.17) is 10.4 Å². The van der Waals surface area contributed by atoms with Gasteiger partial charge in [0.25, 0.3) is 5.91 Å². The number of hydrogen-bond donors (Lipinski definition) is 2. The van der Waals surface area contributed by atoms with E-state index in [-0.39, 0.29) is 11.3 Å². The van der Waals surface area contributed by atoms with E-state index in [1.165, 1.54) is 31.2 Å². The average molecular weight is 220 g/mol. The van der Waals surface area contributed by atoms with Crippen molar-refractivity contribution in [3.05, 3.63) is 41.4 Å². The predicted molar refractivity (Wildman–Crippen MR) is 56.0 cm³/mol. The SMILES string of the molecule is CC(O)=C(C#N)C(=O)Nc1ccc(F)cc1. The summed E-state index contributed by atoms with van der Waals surface area (Å²) in [6, 6.07) is 6.64. The van der Waals surface area contributed by atoms with Crippen LogP contribution >= 0.6 is 0 Å². The lowest BCUT2D eigenvalue weighted by Crippen LogP contribution is -2.14. The number of nitrogens with one attached hydrogen (secondary N) is 1. The highest BCUT2D eigenvalue weighted by molar-refractivity contribution is 6.06. The molecule has 16 heavy (non-hydrogen) atoms. The molecule has 1 aromatic carbocycles. The first kappa shape index (κ1) is 11.7. The minimum atomic E-state index is -0.728. The molecule has 5 heteroatoms. The third-order valence-electron chi connectivity index (χ3n) is 1.80. The number of nitriles is 1. The van der Waals surface area contributed by atoms with Crippen molar-refractivity contribution in [2.75, 3.05) is 5.32 Å². The summed E-state index contributed by atoms with van der Waals surface area (Å²) in [5.41, 5.74) is -0.0234. The van der Waals surface area contributed by atoms with Crippen molar-refractivity contribution in [1.29, 1.82) is 5.26 Å². The minimum Gasteiger partial charge on any atom is -0.511 e. The van der Waals surface area contributed by atoms with Crippen molar-refractivity contribution in [3.63, 3.8) is 0 Å². The van der Waals surface area contributed by atoms with Crippen LogP contribution in [0.15, 0.2) is 35.6 Å². The van der Waals surface area contributed by atoms with Gasteiger partial charge in [0.05, 0.1) is 0 Å². The number of benzene rings is 1. The smallest absolute Gasteiger partial charge is 0.269 e. The van der Waals surface area contributed by atoms with Crippen molar-refractivity contribution in [3.8, 4) is 6.07 Å². The fraction of sp³-hybridized carbons (Fsp3) is 0.0909. The van der Waals surface area contributed by atoms with Crippen LogP contribution < -0.4 is 5.32 Å². The molecule has 0 aliphatic carbocycles. The van der Waals surface area contributed by atoms with Gasteiger partial charge in [-0.05, 0) is 31.2 Å². The second-order valence-corrected chi connectivity index (χ2v) is 3.03. The summed E-state index contributed by atoms with van der Waals surface area (Å²) in [4.78, 5) is 11.4. The van der Waals surface area contributed by atoms with Crippen molar-refractivity contribution < 1.29 is 14.3 Å². The average Bonchev–Trinajstić information content (AvgIpc) is 2.22. The number of anilines is 1. The Morgan fingerprint density at radius 1 is 1.44 bits per heavy atom. The zero-order valence-corrected chi connectivity index (χ0v) is 8.49. The molecule has 0 fully saturated rings. The Morgan fingerprint density at radius 3 is 2.44 bits per heavy atom. The van der Waals surface area contributed by atoms with Gasteiger partial charge >= 0.3 is 0 Å². The number of carbonyl (C=O) groups excluding carboxylic acids is 1. The Hall–Kier alpha value is -2.35. The number of allylic oxidation sites excluding steroid dienone is 1. The van der Waals surface area contributed by atoms with Crippen LogP contribution in [0, 0.1) is 17.1 Å². The molecule has 0 aliphatic heterocycles. The van der Waals surface area contributed by atoms with Crippen LogP contribution in [0.2, 0.25) is 0 Å². The second kappa shape index (κ2) is 4.94. The van der Waals surface area contributed by atoms with Gasteiger partial charge in [-0.3, -0.25) is 4.79 Å². The van der Waals surface area contributed by atoms with Crippen LogP contribution in [0.1, 0.15) is 6.92 Å². The summed E-state index contributed by atoms with van der Waals surface area (Å²) in [5, 5.41) is 20.0. The predicted octanol–water partition coefficient (Wildman–Crippen LogP) is 2.12. The maximum absolute atomic E-state index is 12.6. The normalized spacial score (nSPS) is 11.3. The lowest BCUT2D eigenvalue weighted by Gasteiger charge is -2.04. The zero-order chi connectivity index (χ0) is 12.1. The molecule has 0 aromatic heterocycles. The van der Waals surface area contributed by atoms with E-state index in [1.807, 2.05) is 0 Å². The summed E-state index contributed by atoms with van der Waals surface area (Å²) < 4.78 is 12.6. The number of amides is 1. The Morgan fingerprint density at radius 2 is 2.00 bits per heavy atom. The number of carbonyl (C=O) groups is 1. The highest BCUT2D eigenvalue weighted by Gasteiger charge is 2.12. The van der Waals surface area contributed by atoms with E-state index in [2.05, 4.69) is 5.32 Å². The number of nitrogens with zero attached hydrogens (tertiary/aromatic N) is 1. The Labute approximate surface area is 91.6 Å². The summed E-state index contributed by atoms with van der Waals surface area (Å²) in [6.07, 6.45) is 0. The van der Waals surface area contributed by atoms with Gasteiger partial charge in [-0.2, -0.15) is 5.26 Å². The molecule has 0 radical (unpaired) electrons. The lowest BCUT2D eigenvalue weighted by atomic mass is 10.2. The number of rotatable bonds is 2. The maximum atomic E-state index is 12.6. The molecule has 1 amide bonds. The molecule has 0 heterocycles. The number of aliphatic hydroxyl groups excluding tert-OH is 1. The molecule has 0 aliphatic rings. The maximum Gasteiger partial charge on any atom is 0.269 e. The van der Waals surface area contributed by atoms with Gasteiger partial charge in [0, 0.05) is 5.69 Å². The third kappa shape index (κ3) is 2.82. The lowest BCUT2D eigenvalue weighted by molar-refractivity contribution is -0.112. The molecular formula is C11H9FN2O2. The molecule has 0 saturated carbocycles. The van der Waals surface area contributed by atoms with Crippen LogP contribution in [0.25, 0.3) is 0 Å². The van der Waals surface area contributed by atoms with Gasteiger partial charge < -0.3 is 10.4 Å². The van der Waals surface area contributed by atoms with Gasteiger partial charge in [-0.15, -0.1) is 0 Å². The van der Waals surface area contributed by atoms with Crippen LogP contribution in [-0.2, 0) is 4.79 Å².